The summed E-state index contributed by atoms with van der Waals surface area (Å²) < 4.78 is 44.7. The molecule has 0 spiro atoms. The lowest BCUT2D eigenvalue weighted by Crippen LogP contribution is -2.27. The molecule has 112 valence electrons. The first-order valence-electron chi connectivity index (χ1n) is 6.69. The van der Waals surface area contributed by atoms with E-state index in [-0.39, 0.29) is 6.61 Å². The Morgan fingerprint density at radius 1 is 1.10 bits per heavy atom. The smallest absolute Gasteiger partial charge is 0.491 e. The Labute approximate surface area is 116 Å². The quantitative estimate of drug-likeness (QED) is 0.845. The van der Waals surface area contributed by atoms with E-state index in [0.717, 1.165) is 31.5 Å². The first kappa shape index (κ1) is 15.1. The molecule has 6 heteroatoms. The molecule has 0 radical (unpaired) electrons. The number of piperidine rings is 1. The zero-order valence-corrected chi connectivity index (χ0v) is 11.1. The Morgan fingerprint density at radius 2 is 1.80 bits per heavy atom. The Morgan fingerprint density at radius 3 is 2.50 bits per heavy atom. The lowest BCUT2D eigenvalue weighted by atomic mass is 9.89. The number of nitrogens with one attached hydrogen (secondary N) is 1. The molecule has 1 aliphatic rings. The van der Waals surface area contributed by atoms with Crippen LogP contribution in [0.2, 0.25) is 0 Å². The van der Waals surface area contributed by atoms with Crippen LogP contribution in [0, 0.1) is 0 Å². The number of alkyl halides is 3. The third kappa shape index (κ3) is 4.68. The number of hydrogen-bond donors (Lipinski definition) is 1. The number of hydrogen-bond acceptors (Lipinski definition) is 3. The number of para-hydroxylation sites is 1. The highest BCUT2D eigenvalue weighted by molar-refractivity contribution is 5.36. The minimum absolute atomic E-state index is 0.110. The summed E-state index contributed by atoms with van der Waals surface area (Å²) in [5.74, 6) is 1.06. The van der Waals surface area contributed by atoms with E-state index in [1.165, 1.54) is 0 Å². The van der Waals surface area contributed by atoms with Gasteiger partial charge >= 0.3 is 6.36 Å². The second-order valence-electron chi connectivity index (χ2n) is 4.70. The van der Waals surface area contributed by atoms with Crippen molar-refractivity contribution < 1.29 is 22.6 Å². The van der Waals surface area contributed by atoms with Gasteiger partial charge in [0.1, 0.15) is 12.4 Å². The molecule has 0 aliphatic carbocycles. The largest absolute Gasteiger partial charge is 0.522 e. The Hall–Kier alpha value is -1.27. The average molecular weight is 289 g/mol. The van der Waals surface area contributed by atoms with E-state index in [1.54, 1.807) is 6.07 Å². The van der Waals surface area contributed by atoms with Crippen molar-refractivity contribution in [2.45, 2.75) is 25.1 Å². The van der Waals surface area contributed by atoms with Crippen molar-refractivity contribution in [2.24, 2.45) is 0 Å². The van der Waals surface area contributed by atoms with Crippen molar-refractivity contribution in [1.29, 1.82) is 0 Å². The lowest BCUT2D eigenvalue weighted by molar-refractivity contribution is -0.325. The summed E-state index contributed by atoms with van der Waals surface area (Å²) in [6.45, 7) is 1.30. The molecule has 1 aliphatic heterocycles. The maximum atomic E-state index is 11.9. The summed E-state index contributed by atoms with van der Waals surface area (Å²) in [6, 6.07) is 7.53. The Bertz CT molecular complexity index is 417. The van der Waals surface area contributed by atoms with E-state index < -0.39 is 13.0 Å². The van der Waals surface area contributed by atoms with Crippen molar-refractivity contribution in [1.82, 2.24) is 5.32 Å². The topological polar surface area (TPSA) is 30.5 Å². The van der Waals surface area contributed by atoms with E-state index in [1.807, 2.05) is 18.2 Å². The fourth-order valence-electron chi connectivity index (χ4n) is 2.39. The summed E-state index contributed by atoms with van der Waals surface area (Å²) in [4.78, 5) is 0. The molecule has 1 aromatic carbocycles. The molecule has 1 N–H and O–H groups in total. The fourth-order valence-corrected chi connectivity index (χ4v) is 2.39. The molecule has 0 amide bonds. The van der Waals surface area contributed by atoms with Gasteiger partial charge in [-0.1, -0.05) is 18.2 Å². The van der Waals surface area contributed by atoms with Crippen molar-refractivity contribution >= 4 is 0 Å². The third-order valence-electron chi connectivity index (χ3n) is 3.30. The summed E-state index contributed by atoms with van der Waals surface area (Å²) in [5.41, 5.74) is 1.07. The molecule has 1 aromatic rings. The van der Waals surface area contributed by atoms with Gasteiger partial charge in [-0.05, 0) is 43.5 Å². The molecule has 20 heavy (non-hydrogen) atoms. The predicted octanol–water partition coefficient (Wildman–Crippen LogP) is 3.07. The van der Waals surface area contributed by atoms with E-state index in [9.17, 15) is 13.2 Å². The monoisotopic (exact) mass is 289 g/mol. The van der Waals surface area contributed by atoms with Crippen molar-refractivity contribution in [3.63, 3.8) is 0 Å². The highest BCUT2D eigenvalue weighted by Crippen LogP contribution is 2.32. The zero-order valence-electron chi connectivity index (χ0n) is 11.1. The minimum Gasteiger partial charge on any atom is -0.491 e. The molecular weight excluding hydrogens is 271 g/mol. The van der Waals surface area contributed by atoms with Gasteiger partial charge in [-0.25, -0.2) is 0 Å². The highest BCUT2D eigenvalue weighted by atomic mass is 19.4. The van der Waals surface area contributed by atoms with Crippen LogP contribution >= 0.6 is 0 Å². The third-order valence-corrected chi connectivity index (χ3v) is 3.30. The molecule has 0 saturated carbocycles. The van der Waals surface area contributed by atoms with Gasteiger partial charge in [0.2, 0.25) is 0 Å². The van der Waals surface area contributed by atoms with Crippen LogP contribution in [-0.2, 0) is 4.74 Å². The molecule has 2 rings (SSSR count). The SMILES string of the molecule is FC(F)(F)OCCOc1ccccc1C1CCNCC1. The number of benzene rings is 1. The number of halogens is 3. The summed E-state index contributed by atoms with van der Waals surface area (Å²) in [6.07, 6.45) is -2.57. The van der Waals surface area contributed by atoms with Gasteiger partial charge < -0.3 is 10.1 Å². The molecule has 0 unspecified atom stereocenters. The van der Waals surface area contributed by atoms with E-state index in [4.69, 9.17) is 4.74 Å². The summed E-state index contributed by atoms with van der Waals surface area (Å²) >= 11 is 0. The van der Waals surface area contributed by atoms with Crippen LogP contribution in [0.15, 0.2) is 24.3 Å². The standard InChI is InChI=1S/C14H18F3NO2/c15-14(16,17)20-10-9-19-13-4-2-1-3-12(13)11-5-7-18-8-6-11/h1-4,11,18H,5-10H2. The van der Waals surface area contributed by atoms with Crippen LogP contribution < -0.4 is 10.1 Å². The van der Waals surface area contributed by atoms with Crippen LogP contribution in [0.5, 0.6) is 5.75 Å². The zero-order chi connectivity index (χ0) is 14.4. The fraction of sp³-hybridized carbons (Fsp3) is 0.571. The molecular formula is C14H18F3NO2. The molecule has 1 heterocycles. The number of rotatable bonds is 5. The lowest BCUT2D eigenvalue weighted by Gasteiger charge is -2.25. The molecule has 0 atom stereocenters. The van der Waals surface area contributed by atoms with E-state index >= 15 is 0 Å². The van der Waals surface area contributed by atoms with Crippen LogP contribution in [-0.4, -0.2) is 32.7 Å². The van der Waals surface area contributed by atoms with Gasteiger partial charge in [0.15, 0.2) is 0 Å². The van der Waals surface area contributed by atoms with E-state index in [2.05, 4.69) is 10.1 Å². The first-order valence-corrected chi connectivity index (χ1v) is 6.69. The average Bonchev–Trinajstić information content (AvgIpc) is 2.44. The molecule has 1 fully saturated rings. The van der Waals surface area contributed by atoms with Crippen LogP contribution in [0.3, 0.4) is 0 Å². The Balaban J connectivity index is 1.90. The summed E-state index contributed by atoms with van der Waals surface area (Å²) in [7, 11) is 0. The maximum absolute atomic E-state index is 11.9. The van der Waals surface area contributed by atoms with Crippen molar-refractivity contribution in [3.05, 3.63) is 29.8 Å². The van der Waals surface area contributed by atoms with E-state index in [0.29, 0.717) is 11.7 Å². The minimum atomic E-state index is -4.60. The van der Waals surface area contributed by atoms with Gasteiger partial charge in [-0.15, -0.1) is 13.2 Å². The maximum Gasteiger partial charge on any atom is 0.522 e. The van der Waals surface area contributed by atoms with Gasteiger partial charge in [-0.2, -0.15) is 0 Å². The van der Waals surface area contributed by atoms with Crippen LogP contribution in [0.25, 0.3) is 0 Å². The van der Waals surface area contributed by atoms with Crippen LogP contribution in [0.4, 0.5) is 13.2 Å². The van der Waals surface area contributed by atoms with Gasteiger partial charge in [0.25, 0.3) is 0 Å². The van der Waals surface area contributed by atoms with Gasteiger partial charge in [0, 0.05) is 0 Å². The first-order chi connectivity index (χ1) is 9.56. The summed E-state index contributed by atoms with van der Waals surface area (Å²) in [5, 5.41) is 3.29. The molecule has 0 bridgehead atoms. The number of ether oxygens (including phenoxy) is 2. The van der Waals surface area contributed by atoms with Crippen molar-refractivity contribution in [2.75, 3.05) is 26.3 Å². The molecule has 3 nitrogen and oxygen atoms in total. The Kier molecular flexibility index (Phi) is 5.25. The van der Waals surface area contributed by atoms with Crippen molar-refractivity contribution in [3.8, 4) is 5.75 Å². The van der Waals surface area contributed by atoms with Gasteiger partial charge in [-0.3, -0.25) is 4.74 Å². The normalized spacial score (nSPS) is 17.1. The molecule has 1 saturated heterocycles. The van der Waals surface area contributed by atoms with Gasteiger partial charge in [0.05, 0.1) is 6.61 Å². The predicted molar refractivity (Wildman–Crippen MR) is 68.8 cm³/mol. The highest BCUT2D eigenvalue weighted by Gasteiger charge is 2.28. The second-order valence-corrected chi connectivity index (χ2v) is 4.70. The van der Waals surface area contributed by atoms with Crippen LogP contribution in [0.1, 0.15) is 24.3 Å². The molecule has 0 aromatic heterocycles. The second kappa shape index (κ2) is 6.95.